The highest BCUT2D eigenvalue weighted by Crippen LogP contribution is 2.23. The highest BCUT2D eigenvalue weighted by atomic mass is 16.1. The van der Waals surface area contributed by atoms with Gasteiger partial charge < -0.3 is 20.8 Å². The van der Waals surface area contributed by atoms with E-state index in [1.807, 2.05) is 0 Å². The number of aldehydes is 1. The molecule has 0 spiro atoms. The number of fused-ring (bicyclic) bond motifs is 1. The fourth-order valence-corrected chi connectivity index (χ4v) is 1.10. The lowest BCUT2D eigenvalue weighted by atomic mass is 10.2. The third-order valence-electron chi connectivity index (χ3n) is 1.62. The number of imidazole rings is 1. The van der Waals surface area contributed by atoms with Crippen molar-refractivity contribution in [3.8, 4) is 0 Å². The van der Waals surface area contributed by atoms with E-state index in [0.29, 0.717) is 17.8 Å². The maximum Gasteiger partial charge on any atom is 0.195 e. The molecule has 62 valence electrons. The predicted octanol–water partition coefficient (Wildman–Crippen LogP) is -0.610. The second kappa shape index (κ2) is 2.33. The molecule has 12 heavy (non-hydrogen) atoms. The largest absolute Gasteiger partial charge is 0.370 e. The molecule has 2 rings (SSSR count). The summed E-state index contributed by atoms with van der Waals surface area (Å²) in [5.74, 6) is 0.784. The lowest BCUT2D eigenvalue weighted by Crippen LogP contribution is -2.28. The molecule has 0 fully saturated rings. The molecule has 1 unspecified atom stereocenters. The van der Waals surface area contributed by atoms with Crippen molar-refractivity contribution in [3.63, 3.8) is 0 Å². The summed E-state index contributed by atoms with van der Waals surface area (Å²) in [5.41, 5.74) is 6.05. The molecular weight excluding hydrogens is 158 g/mol. The maximum absolute atomic E-state index is 10.5. The Morgan fingerprint density at radius 2 is 2.50 bits per heavy atom. The van der Waals surface area contributed by atoms with Crippen molar-refractivity contribution in [2.75, 3.05) is 5.32 Å². The number of H-pyrrole nitrogens is 1. The first-order valence-electron chi connectivity index (χ1n) is 3.40. The smallest absolute Gasteiger partial charge is 0.195 e. The van der Waals surface area contributed by atoms with Crippen molar-refractivity contribution in [1.82, 2.24) is 9.97 Å². The van der Waals surface area contributed by atoms with Crippen LogP contribution in [0.15, 0.2) is 11.3 Å². The molecule has 6 nitrogen and oxygen atoms in total. The van der Waals surface area contributed by atoms with Crippen LogP contribution in [0.25, 0.3) is 0 Å². The molecule has 0 aliphatic carbocycles. The molecule has 1 aromatic rings. The van der Waals surface area contributed by atoms with Gasteiger partial charge in [0.25, 0.3) is 0 Å². The Bertz CT molecular complexity index is 341. The quantitative estimate of drug-likeness (QED) is 0.483. The number of rotatable bonds is 1. The molecule has 0 amide bonds. The first kappa shape index (κ1) is 6.84. The van der Waals surface area contributed by atoms with E-state index in [4.69, 9.17) is 5.73 Å². The number of aliphatic imine (C=N–C) groups is 1. The number of carbonyl (C=O) groups is 1. The van der Waals surface area contributed by atoms with E-state index in [1.54, 1.807) is 0 Å². The van der Waals surface area contributed by atoms with Crippen LogP contribution in [0.3, 0.4) is 0 Å². The van der Waals surface area contributed by atoms with Crippen molar-refractivity contribution >= 4 is 18.1 Å². The second-order valence-corrected chi connectivity index (χ2v) is 2.39. The van der Waals surface area contributed by atoms with Gasteiger partial charge in [-0.2, -0.15) is 0 Å². The summed E-state index contributed by atoms with van der Waals surface area (Å²) in [4.78, 5) is 21.1. The first-order valence-corrected chi connectivity index (χ1v) is 3.40. The van der Waals surface area contributed by atoms with E-state index in [-0.39, 0.29) is 5.96 Å². The molecule has 1 atom stereocenters. The third-order valence-corrected chi connectivity index (χ3v) is 1.62. The molecule has 2 heterocycles. The Balaban J connectivity index is 2.46. The highest BCUT2D eigenvalue weighted by molar-refractivity contribution is 5.95. The van der Waals surface area contributed by atoms with E-state index in [0.717, 1.165) is 0 Å². The summed E-state index contributed by atoms with van der Waals surface area (Å²) >= 11 is 0. The molecule has 0 bridgehead atoms. The molecule has 6 heteroatoms. The normalized spacial score (nSPS) is 20.7. The van der Waals surface area contributed by atoms with Crippen molar-refractivity contribution < 1.29 is 4.79 Å². The van der Waals surface area contributed by atoms with Gasteiger partial charge in [0.1, 0.15) is 0 Å². The number of anilines is 1. The van der Waals surface area contributed by atoms with Crippen molar-refractivity contribution in [2.45, 2.75) is 6.04 Å². The maximum atomic E-state index is 10.5. The van der Waals surface area contributed by atoms with Gasteiger partial charge in [-0.15, -0.1) is 0 Å². The van der Waals surface area contributed by atoms with Crippen LogP contribution in [-0.2, 0) is 4.79 Å². The van der Waals surface area contributed by atoms with Gasteiger partial charge in [0, 0.05) is 0 Å². The Labute approximate surface area is 67.9 Å². The molecule has 0 saturated carbocycles. The minimum absolute atomic E-state index is 0.215. The number of hydrogen-bond donors (Lipinski definition) is 3. The standard InChI is InChI=1S/C6H7N5O/c7-6-10-3(1-12)4-5(11-6)9-2-8-4/h1-3H,(H,8,9)(H3,7,10,11). The Hall–Kier alpha value is -1.85. The molecule has 0 saturated heterocycles. The molecular formula is C6H7N5O. The number of nitrogens with zero attached hydrogens (tertiary/aromatic N) is 2. The lowest BCUT2D eigenvalue weighted by molar-refractivity contribution is -0.109. The summed E-state index contributed by atoms with van der Waals surface area (Å²) in [6.07, 6.45) is 2.20. The number of carbonyl (C=O) groups excluding carboxylic acids is 1. The van der Waals surface area contributed by atoms with Crippen LogP contribution < -0.4 is 11.1 Å². The van der Waals surface area contributed by atoms with Crippen LogP contribution in [0.2, 0.25) is 0 Å². The number of guanidine groups is 1. The fourth-order valence-electron chi connectivity index (χ4n) is 1.10. The highest BCUT2D eigenvalue weighted by Gasteiger charge is 2.21. The van der Waals surface area contributed by atoms with Gasteiger partial charge >= 0.3 is 0 Å². The van der Waals surface area contributed by atoms with Crippen LogP contribution >= 0.6 is 0 Å². The molecule has 0 aromatic carbocycles. The molecule has 4 N–H and O–H groups in total. The van der Waals surface area contributed by atoms with E-state index in [1.165, 1.54) is 6.33 Å². The Kier molecular flexibility index (Phi) is 1.33. The third kappa shape index (κ3) is 0.849. The summed E-state index contributed by atoms with van der Waals surface area (Å²) in [6, 6.07) is -0.552. The van der Waals surface area contributed by atoms with Crippen molar-refractivity contribution in [1.29, 1.82) is 0 Å². The second-order valence-electron chi connectivity index (χ2n) is 2.39. The van der Waals surface area contributed by atoms with E-state index in [2.05, 4.69) is 20.3 Å². The number of aromatic amines is 1. The average molecular weight is 165 g/mol. The number of nitrogens with one attached hydrogen (secondary N) is 2. The number of nitrogens with two attached hydrogens (primary N) is 1. The van der Waals surface area contributed by atoms with E-state index in [9.17, 15) is 4.79 Å². The Morgan fingerprint density at radius 1 is 1.67 bits per heavy atom. The summed E-state index contributed by atoms with van der Waals surface area (Å²) in [5, 5.41) is 2.73. The molecule has 0 radical (unpaired) electrons. The zero-order valence-electron chi connectivity index (χ0n) is 6.11. The van der Waals surface area contributed by atoms with Gasteiger partial charge in [0.15, 0.2) is 24.1 Å². The minimum atomic E-state index is -0.552. The van der Waals surface area contributed by atoms with Gasteiger partial charge in [-0.3, -0.25) is 0 Å². The van der Waals surface area contributed by atoms with E-state index >= 15 is 0 Å². The summed E-state index contributed by atoms with van der Waals surface area (Å²) in [7, 11) is 0. The van der Waals surface area contributed by atoms with Crippen LogP contribution in [0, 0.1) is 0 Å². The van der Waals surface area contributed by atoms with Crippen LogP contribution in [0.5, 0.6) is 0 Å². The van der Waals surface area contributed by atoms with Crippen molar-refractivity contribution in [3.05, 3.63) is 12.0 Å². The first-order chi connectivity index (χ1) is 5.81. The summed E-state index contributed by atoms with van der Waals surface area (Å²) < 4.78 is 0. The monoisotopic (exact) mass is 165 g/mol. The zero-order valence-corrected chi connectivity index (χ0v) is 6.11. The number of hydrogen-bond acceptors (Lipinski definition) is 5. The lowest BCUT2D eigenvalue weighted by Gasteiger charge is -2.14. The summed E-state index contributed by atoms with van der Waals surface area (Å²) in [6.45, 7) is 0. The van der Waals surface area contributed by atoms with Gasteiger partial charge in [0.2, 0.25) is 0 Å². The topological polar surface area (TPSA) is 96.2 Å². The van der Waals surface area contributed by atoms with Crippen LogP contribution in [0.1, 0.15) is 11.7 Å². The van der Waals surface area contributed by atoms with Crippen molar-refractivity contribution in [2.24, 2.45) is 10.7 Å². The molecule has 1 aliphatic rings. The SMILES string of the molecule is NC1=NC(C=O)c2[nH]cnc2N1. The van der Waals surface area contributed by atoms with Crippen LogP contribution in [0.4, 0.5) is 5.82 Å². The van der Waals surface area contributed by atoms with Gasteiger partial charge in [-0.05, 0) is 0 Å². The predicted molar refractivity (Wildman–Crippen MR) is 42.6 cm³/mol. The minimum Gasteiger partial charge on any atom is -0.370 e. The number of aromatic nitrogens is 2. The van der Waals surface area contributed by atoms with Crippen LogP contribution in [-0.4, -0.2) is 22.2 Å². The molecule has 1 aromatic heterocycles. The Morgan fingerprint density at radius 3 is 3.25 bits per heavy atom. The van der Waals surface area contributed by atoms with Gasteiger partial charge in [-0.25, -0.2) is 9.98 Å². The average Bonchev–Trinajstić information content (AvgIpc) is 2.50. The van der Waals surface area contributed by atoms with Gasteiger partial charge in [-0.1, -0.05) is 0 Å². The fraction of sp³-hybridized carbons (Fsp3) is 0.167. The molecule has 1 aliphatic heterocycles. The zero-order chi connectivity index (χ0) is 8.55. The van der Waals surface area contributed by atoms with E-state index < -0.39 is 6.04 Å². The van der Waals surface area contributed by atoms with Gasteiger partial charge in [0.05, 0.1) is 12.0 Å².